The lowest BCUT2D eigenvalue weighted by atomic mass is 10.3. The quantitative estimate of drug-likeness (QED) is 0.282. The minimum Gasteiger partial charge on any atom is -0.408 e. The van der Waals surface area contributed by atoms with Crippen LogP contribution in [0.25, 0.3) is 0 Å². The van der Waals surface area contributed by atoms with Crippen LogP contribution in [0.3, 0.4) is 0 Å². The summed E-state index contributed by atoms with van der Waals surface area (Å²) >= 11 is 5.65. The van der Waals surface area contributed by atoms with Gasteiger partial charge >= 0.3 is 0 Å². The summed E-state index contributed by atoms with van der Waals surface area (Å²) in [6, 6.07) is 3.49. The first-order chi connectivity index (χ1) is 7.65. The van der Waals surface area contributed by atoms with Crippen molar-refractivity contribution >= 4 is 28.5 Å². The molecular weight excluding hydrogens is 252 g/mol. The predicted octanol–water partition coefficient (Wildman–Crippen LogP) is 1.30. The van der Waals surface area contributed by atoms with E-state index in [0.717, 1.165) is 5.56 Å². The average molecular weight is 263 g/mol. The molecule has 3 N–H and O–H groups in total. The number of pyridine rings is 1. The molecule has 0 aliphatic rings. The maximum Gasteiger partial charge on any atom is 0.264 e. The van der Waals surface area contributed by atoms with Gasteiger partial charge < -0.3 is 15.1 Å². The van der Waals surface area contributed by atoms with Crippen LogP contribution in [0.1, 0.15) is 5.56 Å². The zero-order valence-corrected chi connectivity index (χ0v) is 10.1. The van der Waals surface area contributed by atoms with Gasteiger partial charge in [-0.1, -0.05) is 17.7 Å². The minimum atomic E-state index is -0.793. The highest BCUT2D eigenvalue weighted by Crippen LogP contribution is 2.08. The lowest BCUT2D eigenvalue weighted by Gasteiger charge is -2.04. The number of aromatic nitrogens is 1. The molecular formula is C8H11ClN4O2S. The zero-order chi connectivity index (χ0) is 12.0. The molecule has 8 heteroatoms. The number of hydrogen-bond donors (Lipinski definition) is 2. The Kier molecular flexibility index (Phi) is 5.17. The molecule has 1 aromatic heterocycles. The van der Waals surface area contributed by atoms with Crippen LogP contribution in [0.15, 0.2) is 27.8 Å². The van der Waals surface area contributed by atoms with Gasteiger partial charge in [0.15, 0.2) is 0 Å². The van der Waals surface area contributed by atoms with Crippen molar-refractivity contribution in [2.75, 3.05) is 7.11 Å². The summed E-state index contributed by atoms with van der Waals surface area (Å²) in [5.41, 5.74) is 6.16. The lowest BCUT2D eigenvalue weighted by Crippen LogP contribution is -2.11. The van der Waals surface area contributed by atoms with Gasteiger partial charge in [0.25, 0.3) is 5.96 Å². The predicted molar refractivity (Wildman–Crippen MR) is 63.2 cm³/mol. The Morgan fingerprint density at radius 3 is 2.94 bits per heavy atom. The molecule has 1 aromatic rings. The first-order valence-electron chi connectivity index (χ1n) is 4.21. The van der Waals surface area contributed by atoms with Gasteiger partial charge in [-0.15, -0.1) is 0 Å². The van der Waals surface area contributed by atoms with Gasteiger partial charge in [0.05, 0.1) is 12.9 Å². The molecule has 0 saturated heterocycles. The van der Waals surface area contributed by atoms with E-state index in [1.807, 2.05) is 6.07 Å². The van der Waals surface area contributed by atoms with Gasteiger partial charge in [-0.25, -0.2) is 4.98 Å². The fraction of sp³-hybridized carbons (Fsp3) is 0.250. The molecule has 0 saturated carbocycles. The van der Waals surface area contributed by atoms with Crippen molar-refractivity contribution in [2.45, 2.75) is 5.75 Å². The van der Waals surface area contributed by atoms with Gasteiger partial charge in [-0.2, -0.15) is 4.36 Å². The Morgan fingerprint density at radius 2 is 2.44 bits per heavy atom. The summed E-state index contributed by atoms with van der Waals surface area (Å²) in [5.74, 6) is 0.281. The van der Waals surface area contributed by atoms with E-state index in [1.54, 1.807) is 12.3 Å². The Balaban J connectivity index is 2.78. The number of nitrogens with zero attached hydrogens (tertiary/aromatic N) is 3. The number of guanidine groups is 1. The van der Waals surface area contributed by atoms with Crippen LogP contribution in [0.4, 0.5) is 0 Å². The number of oxime groups is 1. The van der Waals surface area contributed by atoms with E-state index in [2.05, 4.69) is 14.5 Å². The summed E-state index contributed by atoms with van der Waals surface area (Å²) in [6.45, 7) is 0. The average Bonchev–Trinajstić information content (AvgIpc) is 2.30. The molecule has 0 amide bonds. The minimum absolute atomic E-state index is 0.216. The van der Waals surface area contributed by atoms with Crippen molar-refractivity contribution in [3.05, 3.63) is 29.0 Å². The highest BCUT2D eigenvalue weighted by molar-refractivity contribution is 7.82. The molecule has 1 atom stereocenters. The maximum atomic E-state index is 8.37. The molecule has 0 aromatic carbocycles. The number of nitrogens with two attached hydrogens (primary N) is 1. The second kappa shape index (κ2) is 6.41. The summed E-state index contributed by atoms with van der Waals surface area (Å²) < 4.78 is 8.94. The largest absolute Gasteiger partial charge is 0.408 e. The van der Waals surface area contributed by atoms with Crippen molar-refractivity contribution in [1.29, 1.82) is 0 Å². The first-order valence-corrected chi connectivity index (χ1v) is 5.86. The summed E-state index contributed by atoms with van der Waals surface area (Å²) in [4.78, 5) is 3.93. The summed E-state index contributed by atoms with van der Waals surface area (Å²) in [6.07, 6.45) is 1.63. The van der Waals surface area contributed by atoms with Crippen molar-refractivity contribution in [1.82, 2.24) is 4.98 Å². The van der Waals surface area contributed by atoms with Crippen molar-refractivity contribution < 1.29 is 9.39 Å². The van der Waals surface area contributed by atoms with Crippen molar-refractivity contribution in [3.63, 3.8) is 0 Å². The third-order valence-corrected chi connectivity index (χ3v) is 3.15. The molecule has 0 bridgehead atoms. The van der Waals surface area contributed by atoms with E-state index >= 15 is 0 Å². The van der Waals surface area contributed by atoms with Crippen LogP contribution < -0.4 is 5.73 Å². The Morgan fingerprint density at radius 1 is 1.69 bits per heavy atom. The van der Waals surface area contributed by atoms with Crippen molar-refractivity contribution in [2.24, 2.45) is 15.3 Å². The van der Waals surface area contributed by atoms with E-state index in [9.17, 15) is 0 Å². The fourth-order valence-electron chi connectivity index (χ4n) is 0.885. The summed E-state index contributed by atoms with van der Waals surface area (Å²) in [7, 11) is 0.708. The van der Waals surface area contributed by atoms with Crippen LogP contribution in [0, 0.1) is 0 Å². The fourth-order valence-corrected chi connectivity index (χ4v) is 1.96. The van der Waals surface area contributed by atoms with E-state index < -0.39 is 11.0 Å². The van der Waals surface area contributed by atoms with Crippen LogP contribution in [0.5, 0.6) is 0 Å². The third-order valence-electron chi connectivity index (χ3n) is 1.57. The molecule has 88 valence electrons. The standard InChI is InChI=1S/C8H11ClN4O2S/c1-15-16(13-8(10)12-14)5-6-2-3-7(9)11-4-6/h2-4,14H,5H2,1H3,(H2,10,12). The highest BCUT2D eigenvalue weighted by Gasteiger charge is 2.01. The van der Waals surface area contributed by atoms with E-state index in [0.29, 0.717) is 10.9 Å². The lowest BCUT2D eigenvalue weighted by molar-refractivity contribution is 0.317. The molecule has 1 rings (SSSR count). The van der Waals surface area contributed by atoms with Gasteiger partial charge in [-0.05, 0) is 16.8 Å². The van der Waals surface area contributed by atoms with Crippen LogP contribution in [-0.4, -0.2) is 23.3 Å². The Bertz CT molecular complexity index is 407. The molecule has 16 heavy (non-hydrogen) atoms. The molecule has 1 unspecified atom stereocenters. The number of rotatable bonds is 3. The van der Waals surface area contributed by atoms with E-state index in [-0.39, 0.29) is 5.96 Å². The SMILES string of the molecule is COS(Cc1ccc(Cl)nc1)=NC(N)=NO. The van der Waals surface area contributed by atoms with Crippen LogP contribution in [-0.2, 0) is 20.9 Å². The molecule has 0 aliphatic heterocycles. The normalized spacial score (nSPS) is 14.0. The number of halogens is 1. The van der Waals surface area contributed by atoms with Gasteiger partial charge in [-0.3, -0.25) is 0 Å². The first kappa shape index (κ1) is 12.9. The molecule has 6 nitrogen and oxygen atoms in total. The summed E-state index contributed by atoms with van der Waals surface area (Å²) in [5, 5.41) is 11.5. The van der Waals surface area contributed by atoms with Crippen molar-refractivity contribution in [3.8, 4) is 0 Å². The molecule has 0 radical (unpaired) electrons. The second-order valence-corrected chi connectivity index (χ2v) is 4.51. The van der Waals surface area contributed by atoms with Crippen LogP contribution >= 0.6 is 11.6 Å². The van der Waals surface area contributed by atoms with Gasteiger partial charge in [0, 0.05) is 17.2 Å². The van der Waals surface area contributed by atoms with E-state index in [4.69, 9.17) is 26.7 Å². The smallest absolute Gasteiger partial charge is 0.264 e. The zero-order valence-electron chi connectivity index (χ0n) is 8.50. The van der Waals surface area contributed by atoms with E-state index in [1.165, 1.54) is 7.11 Å². The second-order valence-electron chi connectivity index (χ2n) is 2.67. The topological polar surface area (TPSA) is 93.1 Å². The molecule has 0 aliphatic carbocycles. The van der Waals surface area contributed by atoms with Gasteiger partial charge in [0.1, 0.15) is 5.15 Å². The Labute approximate surface area is 100 Å². The monoisotopic (exact) mass is 262 g/mol. The third kappa shape index (κ3) is 4.13. The van der Waals surface area contributed by atoms with Gasteiger partial charge in [0.2, 0.25) is 0 Å². The molecule has 0 spiro atoms. The number of hydrogen-bond acceptors (Lipinski definition) is 4. The highest BCUT2D eigenvalue weighted by atomic mass is 35.5. The molecule has 1 heterocycles. The molecule has 0 fully saturated rings. The Hall–Kier alpha value is -1.18. The van der Waals surface area contributed by atoms with Crippen LogP contribution in [0.2, 0.25) is 5.15 Å². The maximum absolute atomic E-state index is 8.37.